The molecule has 0 bridgehead atoms. The molecule has 0 radical (unpaired) electrons. The van der Waals surface area contributed by atoms with Crippen LogP contribution in [0.1, 0.15) is 12.0 Å². The molecule has 0 aromatic heterocycles. The summed E-state index contributed by atoms with van der Waals surface area (Å²) in [6.45, 7) is -1.52. The zero-order chi connectivity index (χ0) is 30.7. The second-order valence-corrected chi connectivity index (χ2v) is 10.6. The van der Waals surface area contributed by atoms with Gasteiger partial charge in [0.05, 0.1) is 13.2 Å². The molecule has 0 unspecified atom stereocenters. The molecule has 15 nitrogen and oxygen atoms in total. The molecule has 1 aliphatic carbocycles. The zero-order valence-electron chi connectivity index (χ0n) is 21.7. The number of aliphatic hydroxyl groups is 9. The molecule has 15 heteroatoms. The van der Waals surface area contributed by atoms with Crippen molar-refractivity contribution < 1.29 is 74.9 Å². The van der Waals surface area contributed by atoms with Crippen molar-refractivity contribution in [3.63, 3.8) is 0 Å². The fourth-order valence-corrected chi connectivity index (χ4v) is 5.55. The number of hydrogen-bond acceptors (Lipinski definition) is 15. The molecule has 5 rings (SSSR count). The topological polar surface area (TPSA) is 264 Å². The summed E-state index contributed by atoms with van der Waals surface area (Å²) in [7, 11) is 0. The number of phenolic OH excluding ortho intramolecular Hbond substituents is 1. The van der Waals surface area contributed by atoms with Crippen molar-refractivity contribution in [2.75, 3.05) is 13.2 Å². The van der Waals surface area contributed by atoms with Crippen molar-refractivity contribution in [1.82, 2.24) is 0 Å². The highest BCUT2D eigenvalue weighted by molar-refractivity contribution is 6.29. The summed E-state index contributed by atoms with van der Waals surface area (Å²) in [5.41, 5.74) is -4.28. The van der Waals surface area contributed by atoms with Gasteiger partial charge in [-0.1, -0.05) is 18.2 Å². The minimum atomic E-state index is -3.22. The van der Waals surface area contributed by atoms with E-state index in [1.165, 1.54) is 30.3 Å². The number of ketones is 2. The van der Waals surface area contributed by atoms with Gasteiger partial charge in [0.25, 0.3) is 0 Å². The summed E-state index contributed by atoms with van der Waals surface area (Å²) >= 11 is 0. The van der Waals surface area contributed by atoms with Gasteiger partial charge < -0.3 is 65.3 Å². The molecule has 4 aliphatic rings. The Bertz CT molecular complexity index is 1350. The van der Waals surface area contributed by atoms with Crippen LogP contribution in [0, 0.1) is 0 Å². The number of Topliss-reactive ketones (excluding diaryl/α,β-unsaturated/α-hetero) is 1. The maximum Gasteiger partial charge on any atom is 0.243 e. The van der Waals surface area contributed by atoms with E-state index in [0.717, 1.165) is 6.08 Å². The van der Waals surface area contributed by atoms with Crippen LogP contribution in [0.25, 0.3) is 6.08 Å². The van der Waals surface area contributed by atoms with E-state index in [1.54, 1.807) is 0 Å². The van der Waals surface area contributed by atoms with E-state index in [0.29, 0.717) is 5.56 Å². The SMILES string of the molecule is O=C(/C=C/c1ccc(O)cc1)C1=C(O)C2=C(O[C@]3(C2)OC[C@@H](O)[C@@H](O)[C@@H]3O)[C@@](O)([C@@H]2O[C@H](CO)[C@@H](O)[C@H](O)[C@H]2O)C1=O. The summed E-state index contributed by atoms with van der Waals surface area (Å²) in [5, 5.41) is 105. The van der Waals surface area contributed by atoms with Crippen LogP contribution in [0.5, 0.6) is 5.75 Å². The average Bonchev–Trinajstić information content (AvgIpc) is 3.38. The maximum absolute atomic E-state index is 13.9. The van der Waals surface area contributed by atoms with E-state index in [4.69, 9.17) is 14.2 Å². The Morgan fingerprint density at radius 3 is 2.29 bits per heavy atom. The second-order valence-electron chi connectivity index (χ2n) is 10.6. The van der Waals surface area contributed by atoms with E-state index in [9.17, 15) is 60.7 Å². The molecule has 2 saturated heterocycles. The van der Waals surface area contributed by atoms with E-state index < -0.39 is 114 Å². The summed E-state index contributed by atoms with van der Waals surface area (Å²) in [6.07, 6.45) is -13.9. The first kappa shape index (κ1) is 30.2. The number of carbonyl (C=O) groups excluding carboxylic acids is 2. The van der Waals surface area contributed by atoms with Gasteiger partial charge in [0.15, 0.2) is 5.78 Å². The van der Waals surface area contributed by atoms with Gasteiger partial charge in [-0.15, -0.1) is 0 Å². The molecule has 10 N–H and O–H groups in total. The molecule has 2 fully saturated rings. The standard InChI is InChI=1S/C27H30O15/c28-8-15-19(34)20(35)21(36)25(41-15)27(39)22(37)16(13(30)6-3-10-1-4-11(29)5-2-10)17(32)12-7-26(42-24(12)27)23(38)18(33)14(31)9-40-26/h1-6,14-15,18-21,23,25,28-29,31-36,38-39H,7-9H2/b6-3+/t14-,15-,18-,19-,20+,21-,23+,25-,26+,27-/m1/s1. The molecule has 3 aliphatic heterocycles. The third kappa shape index (κ3) is 4.55. The number of ether oxygens (including phenoxy) is 3. The molecule has 10 atom stereocenters. The number of phenols is 1. The minimum absolute atomic E-state index is 0.0507. The lowest BCUT2D eigenvalue weighted by Gasteiger charge is -2.48. The fraction of sp³-hybridized carbons (Fsp3) is 0.481. The van der Waals surface area contributed by atoms with Gasteiger partial charge in [0, 0.05) is 12.0 Å². The average molecular weight is 595 g/mol. The van der Waals surface area contributed by atoms with Gasteiger partial charge in [-0.25, -0.2) is 0 Å². The summed E-state index contributed by atoms with van der Waals surface area (Å²) in [5.74, 6) is -6.88. The second kappa shape index (κ2) is 10.8. The molecular weight excluding hydrogens is 564 g/mol. The van der Waals surface area contributed by atoms with Gasteiger partial charge in [-0.2, -0.15) is 0 Å². The van der Waals surface area contributed by atoms with Crippen LogP contribution in [0.2, 0.25) is 0 Å². The summed E-state index contributed by atoms with van der Waals surface area (Å²) in [6, 6.07) is 5.55. The molecule has 228 valence electrons. The normalized spacial score (nSPS) is 40.5. The lowest BCUT2D eigenvalue weighted by atomic mass is 9.73. The Kier molecular flexibility index (Phi) is 7.78. The van der Waals surface area contributed by atoms with Crippen molar-refractivity contribution in [3.8, 4) is 5.75 Å². The van der Waals surface area contributed by atoms with Gasteiger partial charge in [0.1, 0.15) is 71.7 Å². The number of benzene rings is 1. The smallest absolute Gasteiger partial charge is 0.243 e. The lowest BCUT2D eigenvalue weighted by molar-refractivity contribution is -0.326. The van der Waals surface area contributed by atoms with Gasteiger partial charge in [-0.05, 0) is 23.8 Å². The van der Waals surface area contributed by atoms with E-state index in [2.05, 4.69) is 0 Å². The van der Waals surface area contributed by atoms with Crippen LogP contribution in [-0.2, 0) is 23.8 Å². The van der Waals surface area contributed by atoms with Crippen LogP contribution in [-0.4, -0.2) is 136 Å². The molecule has 1 aromatic carbocycles. The highest BCUT2D eigenvalue weighted by Gasteiger charge is 2.67. The van der Waals surface area contributed by atoms with Crippen molar-refractivity contribution in [3.05, 3.63) is 58.6 Å². The maximum atomic E-state index is 13.9. The third-order valence-corrected chi connectivity index (χ3v) is 7.95. The molecule has 1 spiro atoms. The number of aromatic hydroxyl groups is 1. The fourth-order valence-electron chi connectivity index (χ4n) is 5.55. The number of rotatable bonds is 5. The minimum Gasteiger partial charge on any atom is -0.508 e. The highest BCUT2D eigenvalue weighted by atomic mass is 16.7. The van der Waals surface area contributed by atoms with E-state index in [-0.39, 0.29) is 5.75 Å². The van der Waals surface area contributed by atoms with Crippen LogP contribution in [0.4, 0.5) is 0 Å². The predicted molar refractivity (Wildman–Crippen MR) is 135 cm³/mol. The van der Waals surface area contributed by atoms with Crippen molar-refractivity contribution in [1.29, 1.82) is 0 Å². The van der Waals surface area contributed by atoms with Crippen molar-refractivity contribution >= 4 is 17.6 Å². The molecular formula is C27H30O15. The molecule has 3 heterocycles. The Labute approximate surface area is 237 Å². The first-order chi connectivity index (χ1) is 19.8. The summed E-state index contributed by atoms with van der Waals surface area (Å²) in [4.78, 5) is 27.3. The van der Waals surface area contributed by atoms with Gasteiger partial charge >= 0.3 is 0 Å². The Morgan fingerprint density at radius 2 is 1.64 bits per heavy atom. The van der Waals surface area contributed by atoms with E-state index >= 15 is 0 Å². The molecule has 42 heavy (non-hydrogen) atoms. The molecule has 0 amide bonds. The lowest BCUT2D eigenvalue weighted by Crippen LogP contribution is -2.69. The predicted octanol–water partition coefficient (Wildman–Crippen LogP) is -3.57. The van der Waals surface area contributed by atoms with Gasteiger partial charge in [0.2, 0.25) is 17.2 Å². The quantitative estimate of drug-likeness (QED) is 0.117. The van der Waals surface area contributed by atoms with Gasteiger partial charge in [-0.3, -0.25) is 9.59 Å². The number of carbonyl (C=O) groups is 2. The summed E-state index contributed by atoms with van der Waals surface area (Å²) < 4.78 is 16.6. The highest BCUT2D eigenvalue weighted by Crippen LogP contribution is 2.52. The van der Waals surface area contributed by atoms with Crippen molar-refractivity contribution in [2.24, 2.45) is 0 Å². The first-order valence-corrected chi connectivity index (χ1v) is 12.9. The van der Waals surface area contributed by atoms with Crippen LogP contribution >= 0.6 is 0 Å². The molecule has 1 aromatic rings. The monoisotopic (exact) mass is 594 g/mol. The van der Waals surface area contributed by atoms with Crippen LogP contribution in [0.15, 0.2) is 53.0 Å². The third-order valence-electron chi connectivity index (χ3n) is 7.95. The first-order valence-electron chi connectivity index (χ1n) is 12.9. The van der Waals surface area contributed by atoms with Crippen LogP contribution in [0.3, 0.4) is 0 Å². The Morgan fingerprint density at radius 1 is 0.976 bits per heavy atom. The number of hydrogen-bond donors (Lipinski definition) is 10. The van der Waals surface area contributed by atoms with Crippen molar-refractivity contribution in [2.45, 2.75) is 66.6 Å². The van der Waals surface area contributed by atoms with Crippen LogP contribution < -0.4 is 0 Å². The number of aliphatic hydroxyl groups excluding tert-OH is 8. The largest absolute Gasteiger partial charge is 0.508 e. The number of allylic oxidation sites excluding steroid dienone is 2. The van der Waals surface area contributed by atoms with E-state index in [1.807, 2.05) is 0 Å². The Balaban J connectivity index is 1.61. The zero-order valence-corrected chi connectivity index (χ0v) is 21.7. The molecule has 0 saturated carbocycles. The Hall–Kier alpha value is -3.22.